The second kappa shape index (κ2) is 9.66. The Kier molecular flexibility index (Phi) is 7.34. The second-order valence-corrected chi connectivity index (χ2v) is 11.1. The number of likely N-dealkylation sites (tertiary alicyclic amines) is 1. The molecular formula is C22H33N3O6S. The minimum atomic E-state index is -3.76. The zero-order chi connectivity index (χ0) is 23.5. The molecule has 1 saturated heterocycles. The Labute approximate surface area is 189 Å². The number of hydrogen-bond donors (Lipinski definition) is 2. The molecule has 2 amide bonds. The van der Waals surface area contributed by atoms with Crippen molar-refractivity contribution in [3.8, 4) is 5.75 Å². The number of rotatable bonds is 7. The number of benzene rings is 1. The fraction of sp³-hybridized carbons (Fsp3) is 0.636. The van der Waals surface area contributed by atoms with Crippen molar-refractivity contribution in [3.63, 3.8) is 0 Å². The maximum Gasteiger partial charge on any atom is 0.407 e. The van der Waals surface area contributed by atoms with Crippen molar-refractivity contribution in [3.05, 3.63) is 23.8 Å². The van der Waals surface area contributed by atoms with Crippen LogP contribution >= 0.6 is 0 Å². The van der Waals surface area contributed by atoms with Crippen LogP contribution in [-0.4, -0.2) is 63.7 Å². The summed E-state index contributed by atoms with van der Waals surface area (Å²) >= 11 is 0. The third-order valence-corrected chi connectivity index (χ3v) is 6.98. The van der Waals surface area contributed by atoms with Crippen LogP contribution in [0.4, 0.5) is 4.79 Å². The number of nitrogens with one attached hydrogen (secondary N) is 2. The van der Waals surface area contributed by atoms with E-state index in [9.17, 15) is 18.0 Å². The summed E-state index contributed by atoms with van der Waals surface area (Å²) in [6, 6.07) is 4.46. The monoisotopic (exact) mass is 467 g/mol. The van der Waals surface area contributed by atoms with Crippen LogP contribution in [-0.2, 0) is 14.8 Å². The van der Waals surface area contributed by atoms with Crippen LogP contribution < -0.4 is 14.8 Å². The van der Waals surface area contributed by atoms with Gasteiger partial charge >= 0.3 is 6.09 Å². The molecule has 1 aliphatic carbocycles. The van der Waals surface area contributed by atoms with Crippen molar-refractivity contribution in [2.75, 3.05) is 26.7 Å². The third-order valence-electron chi connectivity index (χ3n) is 5.43. The topological polar surface area (TPSA) is 114 Å². The lowest BCUT2D eigenvalue weighted by molar-refractivity contribution is 0.0500. The molecule has 1 heterocycles. The van der Waals surface area contributed by atoms with E-state index in [-0.39, 0.29) is 28.5 Å². The lowest BCUT2D eigenvalue weighted by Gasteiger charge is -2.32. The molecule has 0 unspecified atom stereocenters. The average Bonchev–Trinajstić information content (AvgIpc) is 3.53. The van der Waals surface area contributed by atoms with Crippen molar-refractivity contribution in [2.45, 2.75) is 63.0 Å². The molecule has 1 aromatic carbocycles. The van der Waals surface area contributed by atoms with Crippen LogP contribution in [0.1, 0.15) is 56.8 Å². The SMILES string of the molecule is COc1ccc(C(=O)N2CCC(CNC(=O)OC(C)(C)C)CC2)cc1S(=O)(=O)NC1CC1. The van der Waals surface area contributed by atoms with Crippen molar-refractivity contribution in [1.82, 2.24) is 14.9 Å². The first-order valence-electron chi connectivity index (χ1n) is 10.9. The lowest BCUT2D eigenvalue weighted by Crippen LogP contribution is -2.42. The van der Waals surface area contributed by atoms with E-state index in [1.165, 1.54) is 19.2 Å². The minimum absolute atomic E-state index is 0.0193. The summed E-state index contributed by atoms with van der Waals surface area (Å²) in [6.07, 6.45) is 2.68. The second-order valence-electron chi connectivity index (χ2n) is 9.38. The molecule has 2 aliphatic rings. The van der Waals surface area contributed by atoms with Gasteiger partial charge < -0.3 is 19.7 Å². The highest BCUT2D eigenvalue weighted by molar-refractivity contribution is 7.89. The van der Waals surface area contributed by atoms with E-state index in [4.69, 9.17) is 9.47 Å². The summed E-state index contributed by atoms with van der Waals surface area (Å²) in [5, 5.41) is 2.79. The molecule has 0 atom stereocenters. The zero-order valence-electron chi connectivity index (χ0n) is 19.1. The van der Waals surface area contributed by atoms with E-state index in [1.807, 2.05) is 20.8 Å². The molecular weight excluding hydrogens is 434 g/mol. The standard InChI is InChI=1S/C22H33N3O6S/c1-22(2,3)31-21(27)23-14-15-9-11-25(12-10-15)20(26)16-5-8-18(30-4)19(13-16)32(28,29)24-17-6-7-17/h5,8,13,15,17,24H,6-7,9-12,14H2,1-4H3,(H,23,27). The smallest absolute Gasteiger partial charge is 0.407 e. The van der Waals surface area contributed by atoms with Crippen LogP contribution in [0.25, 0.3) is 0 Å². The zero-order valence-corrected chi connectivity index (χ0v) is 20.0. The van der Waals surface area contributed by atoms with E-state index >= 15 is 0 Å². The largest absolute Gasteiger partial charge is 0.495 e. The van der Waals surface area contributed by atoms with Gasteiger partial charge in [0.2, 0.25) is 10.0 Å². The predicted octanol–water partition coefficient (Wildman–Crippen LogP) is 2.51. The molecule has 32 heavy (non-hydrogen) atoms. The Balaban J connectivity index is 1.59. The maximum atomic E-state index is 13.0. The maximum absolute atomic E-state index is 13.0. The molecule has 2 N–H and O–H groups in total. The third kappa shape index (κ3) is 6.59. The van der Waals surface area contributed by atoms with E-state index in [1.54, 1.807) is 11.0 Å². The van der Waals surface area contributed by atoms with Gasteiger partial charge in [-0.05, 0) is 70.6 Å². The first kappa shape index (κ1) is 24.3. The summed E-state index contributed by atoms with van der Waals surface area (Å²) in [4.78, 5) is 26.6. The van der Waals surface area contributed by atoms with Gasteiger partial charge in [-0.15, -0.1) is 0 Å². The van der Waals surface area contributed by atoms with Crippen LogP contribution in [0.15, 0.2) is 23.1 Å². The van der Waals surface area contributed by atoms with Crippen LogP contribution in [0.3, 0.4) is 0 Å². The number of sulfonamides is 1. The molecule has 178 valence electrons. The van der Waals surface area contributed by atoms with Gasteiger partial charge in [-0.3, -0.25) is 4.79 Å². The molecule has 10 heteroatoms. The summed E-state index contributed by atoms with van der Waals surface area (Å²) in [6.45, 7) is 7.01. The Morgan fingerprint density at radius 3 is 2.34 bits per heavy atom. The van der Waals surface area contributed by atoms with Crippen molar-refractivity contribution < 1.29 is 27.5 Å². The Bertz CT molecular complexity index is 945. The number of hydrogen-bond acceptors (Lipinski definition) is 6. The van der Waals surface area contributed by atoms with Gasteiger partial charge in [0, 0.05) is 31.2 Å². The van der Waals surface area contributed by atoms with Gasteiger partial charge in [0.15, 0.2) is 0 Å². The van der Waals surface area contributed by atoms with E-state index in [0.717, 1.165) is 25.7 Å². The molecule has 1 saturated carbocycles. The number of piperidine rings is 1. The summed E-state index contributed by atoms with van der Waals surface area (Å²) in [5.74, 6) is 0.247. The number of carbonyl (C=O) groups excluding carboxylic acids is 2. The van der Waals surface area contributed by atoms with Gasteiger partial charge in [-0.2, -0.15) is 0 Å². The van der Waals surface area contributed by atoms with Gasteiger partial charge in [-0.1, -0.05) is 0 Å². The Morgan fingerprint density at radius 2 is 1.78 bits per heavy atom. The summed E-state index contributed by atoms with van der Waals surface area (Å²) < 4.78 is 38.5. The fourth-order valence-corrected chi connectivity index (χ4v) is 5.07. The highest BCUT2D eigenvalue weighted by Gasteiger charge is 2.31. The van der Waals surface area contributed by atoms with Crippen LogP contribution in [0.2, 0.25) is 0 Å². The van der Waals surface area contributed by atoms with Gasteiger partial charge in [0.05, 0.1) is 7.11 Å². The van der Waals surface area contributed by atoms with E-state index < -0.39 is 21.7 Å². The lowest BCUT2D eigenvalue weighted by atomic mass is 9.96. The summed E-state index contributed by atoms with van der Waals surface area (Å²) in [7, 11) is -2.36. The highest BCUT2D eigenvalue weighted by atomic mass is 32.2. The van der Waals surface area contributed by atoms with Gasteiger partial charge in [0.25, 0.3) is 5.91 Å². The molecule has 2 fully saturated rings. The number of alkyl carbamates (subject to hydrolysis) is 1. The van der Waals surface area contributed by atoms with Gasteiger partial charge in [-0.25, -0.2) is 17.9 Å². The number of carbonyl (C=O) groups is 2. The fourth-order valence-electron chi connectivity index (χ4n) is 3.57. The molecule has 0 bridgehead atoms. The first-order valence-corrected chi connectivity index (χ1v) is 12.4. The number of amides is 2. The molecule has 1 aromatic rings. The Hall–Kier alpha value is -2.33. The quantitative estimate of drug-likeness (QED) is 0.637. The molecule has 0 spiro atoms. The molecule has 3 rings (SSSR count). The molecule has 1 aliphatic heterocycles. The average molecular weight is 468 g/mol. The molecule has 0 radical (unpaired) electrons. The van der Waals surface area contributed by atoms with E-state index in [2.05, 4.69) is 10.0 Å². The highest BCUT2D eigenvalue weighted by Crippen LogP contribution is 2.29. The Morgan fingerprint density at radius 1 is 1.12 bits per heavy atom. The van der Waals surface area contributed by atoms with Crippen molar-refractivity contribution in [2.24, 2.45) is 5.92 Å². The number of nitrogens with zero attached hydrogens (tertiary/aromatic N) is 1. The molecule has 0 aromatic heterocycles. The molecule has 9 nitrogen and oxygen atoms in total. The van der Waals surface area contributed by atoms with Crippen LogP contribution in [0.5, 0.6) is 5.75 Å². The first-order chi connectivity index (χ1) is 15.0. The van der Waals surface area contributed by atoms with Gasteiger partial charge in [0.1, 0.15) is 16.2 Å². The van der Waals surface area contributed by atoms with Crippen LogP contribution in [0, 0.1) is 5.92 Å². The minimum Gasteiger partial charge on any atom is -0.495 e. The van der Waals surface area contributed by atoms with E-state index in [0.29, 0.717) is 25.2 Å². The normalized spacial score (nSPS) is 17.7. The number of ether oxygens (including phenoxy) is 2. The summed E-state index contributed by atoms with van der Waals surface area (Å²) in [5.41, 5.74) is -0.231. The predicted molar refractivity (Wildman–Crippen MR) is 119 cm³/mol. The van der Waals surface area contributed by atoms with Crippen molar-refractivity contribution in [1.29, 1.82) is 0 Å². The van der Waals surface area contributed by atoms with Crippen molar-refractivity contribution >= 4 is 22.0 Å². The number of methoxy groups -OCH3 is 1.